The summed E-state index contributed by atoms with van der Waals surface area (Å²) < 4.78 is 34.0. The van der Waals surface area contributed by atoms with Gasteiger partial charge in [-0.1, -0.05) is 12.1 Å². The van der Waals surface area contributed by atoms with Gasteiger partial charge < -0.3 is 20.1 Å². The molecule has 1 aliphatic heterocycles. The summed E-state index contributed by atoms with van der Waals surface area (Å²) in [6.07, 6.45) is 0. The summed E-state index contributed by atoms with van der Waals surface area (Å²) in [6.45, 7) is 6.77. The number of rotatable bonds is 7. The van der Waals surface area contributed by atoms with Crippen LogP contribution in [-0.4, -0.2) is 55.9 Å². The van der Waals surface area contributed by atoms with E-state index in [0.29, 0.717) is 19.8 Å². The van der Waals surface area contributed by atoms with E-state index in [1.165, 1.54) is 12.1 Å². The summed E-state index contributed by atoms with van der Waals surface area (Å²) in [7, 11) is 0. The van der Waals surface area contributed by atoms with Gasteiger partial charge in [-0.2, -0.15) is 8.78 Å². The predicted molar refractivity (Wildman–Crippen MR) is 94.5 cm³/mol. The molecule has 0 radical (unpaired) electrons. The van der Waals surface area contributed by atoms with Crippen molar-refractivity contribution in [1.29, 1.82) is 0 Å². The Morgan fingerprint density at radius 3 is 2.46 bits per heavy atom. The van der Waals surface area contributed by atoms with Crippen LogP contribution in [0.25, 0.3) is 0 Å². The van der Waals surface area contributed by atoms with Crippen LogP contribution in [0.3, 0.4) is 0 Å². The monoisotopic (exact) mass is 371 g/mol. The number of alkyl halides is 2. The first kappa shape index (κ1) is 20.4. The van der Waals surface area contributed by atoms with E-state index in [1.54, 1.807) is 12.1 Å². The number of carbonyl (C=O) groups excluding carboxylic acids is 1. The van der Waals surface area contributed by atoms with Crippen molar-refractivity contribution in [2.45, 2.75) is 39.0 Å². The molecular formula is C18H27F2N3O3. The Labute approximate surface area is 152 Å². The zero-order valence-corrected chi connectivity index (χ0v) is 15.4. The molecule has 0 spiro atoms. The van der Waals surface area contributed by atoms with E-state index in [9.17, 15) is 13.6 Å². The minimum absolute atomic E-state index is 0.0904. The van der Waals surface area contributed by atoms with E-state index in [4.69, 9.17) is 4.74 Å². The van der Waals surface area contributed by atoms with Gasteiger partial charge in [0.15, 0.2) is 0 Å². The number of amides is 2. The van der Waals surface area contributed by atoms with Crippen molar-refractivity contribution in [2.24, 2.45) is 0 Å². The molecule has 0 saturated carbocycles. The molecule has 1 heterocycles. The van der Waals surface area contributed by atoms with Gasteiger partial charge in [0.1, 0.15) is 5.75 Å². The molecule has 1 atom stereocenters. The Morgan fingerprint density at radius 1 is 1.27 bits per heavy atom. The van der Waals surface area contributed by atoms with Crippen LogP contribution in [-0.2, 0) is 4.74 Å². The number of hydrogen-bond acceptors (Lipinski definition) is 4. The number of nitrogens with zero attached hydrogens (tertiary/aromatic N) is 1. The predicted octanol–water partition coefficient (Wildman–Crippen LogP) is 2.76. The number of halogens is 2. The Balaban J connectivity index is 1.81. The molecule has 2 N–H and O–H groups in total. The van der Waals surface area contributed by atoms with Gasteiger partial charge in [-0.3, -0.25) is 4.90 Å². The van der Waals surface area contributed by atoms with Crippen LogP contribution in [0.1, 0.15) is 32.4 Å². The molecule has 1 fully saturated rings. The highest BCUT2D eigenvalue weighted by atomic mass is 19.3. The highest BCUT2D eigenvalue weighted by Crippen LogP contribution is 2.19. The van der Waals surface area contributed by atoms with Gasteiger partial charge in [0.25, 0.3) is 0 Å². The third-order valence-corrected chi connectivity index (χ3v) is 4.50. The Kier molecular flexibility index (Phi) is 7.16. The van der Waals surface area contributed by atoms with Crippen LogP contribution in [0.15, 0.2) is 24.3 Å². The van der Waals surface area contributed by atoms with Gasteiger partial charge in [-0.25, -0.2) is 4.79 Å². The van der Waals surface area contributed by atoms with Crippen LogP contribution in [0.5, 0.6) is 5.75 Å². The number of benzene rings is 1. The number of urea groups is 1. The molecule has 2 amide bonds. The minimum atomic E-state index is -2.85. The van der Waals surface area contributed by atoms with E-state index >= 15 is 0 Å². The lowest BCUT2D eigenvalue weighted by Crippen LogP contribution is -2.56. The average Bonchev–Trinajstić information content (AvgIpc) is 2.61. The summed E-state index contributed by atoms with van der Waals surface area (Å²) in [5.74, 6) is 0.0904. The van der Waals surface area contributed by atoms with Crippen molar-refractivity contribution >= 4 is 6.03 Å². The second-order valence-corrected chi connectivity index (χ2v) is 6.91. The van der Waals surface area contributed by atoms with E-state index in [2.05, 4.69) is 34.1 Å². The van der Waals surface area contributed by atoms with Gasteiger partial charge >= 0.3 is 12.6 Å². The van der Waals surface area contributed by atoms with Gasteiger partial charge in [-0.15, -0.1) is 0 Å². The van der Waals surface area contributed by atoms with Crippen molar-refractivity contribution in [3.63, 3.8) is 0 Å². The molecule has 1 aliphatic rings. The first-order valence-corrected chi connectivity index (χ1v) is 8.70. The lowest BCUT2D eigenvalue weighted by molar-refractivity contribution is -0.0498. The fraction of sp³-hybridized carbons (Fsp3) is 0.611. The van der Waals surface area contributed by atoms with E-state index in [0.717, 1.165) is 18.7 Å². The molecule has 6 nitrogen and oxygen atoms in total. The first-order chi connectivity index (χ1) is 12.3. The molecule has 0 bridgehead atoms. The quantitative estimate of drug-likeness (QED) is 0.774. The fourth-order valence-electron chi connectivity index (χ4n) is 2.85. The van der Waals surface area contributed by atoms with Crippen molar-refractivity contribution in [2.75, 3.05) is 32.8 Å². The van der Waals surface area contributed by atoms with Crippen LogP contribution >= 0.6 is 0 Å². The van der Waals surface area contributed by atoms with Gasteiger partial charge in [0.2, 0.25) is 0 Å². The van der Waals surface area contributed by atoms with Crippen molar-refractivity contribution in [3.05, 3.63) is 29.8 Å². The number of hydrogen-bond donors (Lipinski definition) is 2. The zero-order chi connectivity index (χ0) is 19.2. The number of carbonyl (C=O) groups is 1. The molecule has 26 heavy (non-hydrogen) atoms. The maximum atomic E-state index is 12.2. The van der Waals surface area contributed by atoms with E-state index in [-0.39, 0.29) is 23.4 Å². The first-order valence-electron chi connectivity index (χ1n) is 8.70. The van der Waals surface area contributed by atoms with Crippen molar-refractivity contribution in [3.8, 4) is 5.75 Å². The summed E-state index contributed by atoms with van der Waals surface area (Å²) in [5, 5.41) is 5.75. The van der Waals surface area contributed by atoms with Gasteiger partial charge in [-0.05, 0) is 38.5 Å². The number of morpholine rings is 1. The van der Waals surface area contributed by atoms with Crippen LogP contribution < -0.4 is 15.4 Å². The van der Waals surface area contributed by atoms with E-state index < -0.39 is 6.61 Å². The zero-order valence-electron chi connectivity index (χ0n) is 15.4. The van der Waals surface area contributed by atoms with Crippen molar-refractivity contribution < 1.29 is 23.0 Å². The number of ether oxygens (including phenoxy) is 2. The minimum Gasteiger partial charge on any atom is -0.435 e. The molecule has 146 valence electrons. The molecule has 1 aromatic carbocycles. The summed E-state index contributed by atoms with van der Waals surface area (Å²) in [6, 6.07) is 5.69. The highest BCUT2D eigenvalue weighted by Gasteiger charge is 2.28. The SMILES string of the molecule is CC(NC(=O)NCC(C)(C)N1CCOCC1)c1ccc(OC(F)F)cc1. The standard InChI is InChI=1S/C18H27F2N3O3/c1-13(14-4-6-15(7-5-14)26-16(19)20)22-17(24)21-12-18(2,3)23-8-10-25-11-9-23/h4-7,13,16H,8-12H2,1-3H3,(H2,21,22,24). The summed E-state index contributed by atoms with van der Waals surface area (Å²) in [5.41, 5.74) is 0.632. The van der Waals surface area contributed by atoms with Crippen LogP contribution in [0.2, 0.25) is 0 Å². The summed E-state index contributed by atoms with van der Waals surface area (Å²) in [4.78, 5) is 14.5. The van der Waals surface area contributed by atoms with Crippen molar-refractivity contribution in [1.82, 2.24) is 15.5 Å². The second-order valence-electron chi connectivity index (χ2n) is 6.91. The van der Waals surface area contributed by atoms with Gasteiger partial charge in [0, 0.05) is 25.2 Å². The molecule has 2 rings (SSSR count). The third kappa shape index (κ3) is 6.10. The second kappa shape index (κ2) is 9.14. The molecule has 1 unspecified atom stereocenters. The Morgan fingerprint density at radius 2 is 1.88 bits per heavy atom. The molecule has 1 aromatic rings. The summed E-state index contributed by atoms with van der Waals surface area (Å²) >= 11 is 0. The molecule has 0 aromatic heterocycles. The maximum Gasteiger partial charge on any atom is 0.387 e. The van der Waals surface area contributed by atoms with Crippen LogP contribution in [0.4, 0.5) is 13.6 Å². The molecular weight excluding hydrogens is 344 g/mol. The molecule has 1 saturated heterocycles. The topological polar surface area (TPSA) is 62.8 Å². The Bertz CT molecular complexity index is 576. The normalized spacial score (nSPS) is 17.0. The lowest BCUT2D eigenvalue weighted by atomic mass is 10.0. The molecule has 8 heteroatoms. The maximum absolute atomic E-state index is 12.2. The van der Waals surface area contributed by atoms with E-state index in [1.807, 2.05) is 6.92 Å². The number of nitrogens with one attached hydrogen (secondary N) is 2. The average molecular weight is 371 g/mol. The largest absolute Gasteiger partial charge is 0.435 e. The Hall–Kier alpha value is -1.93. The highest BCUT2D eigenvalue weighted by molar-refractivity contribution is 5.74. The smallest absolute Gasteiger partial charge is 0.387 e. The fourth-order valence-corrected chi connectivity index (χ4v) is 2.85. The molecule has 0 aliphatic carbocycles. The van der Waals surface area contributed by atoms with Crippen LogP contribution in [0, 0.1) is 0 Å². The van der Waals surface area contributed by atoms with Gasteiger partial charge in [0.05, 0.1) is 19.3 Å². The third-order valence-electron chi connectivity index (χ3n) is 4.50. The lowest BCUT2D eigenvalue weighted by Gasteiger charge is -2.40.